The first-order valence-corrected chi connectivity index (χ1v) is 11.6. The fourth-order valence-electron chi connectivity index (χ4n) is 1.07. The van der Waals surface area contributed by atoms with E-state index >= 15 is 0 Å². The molecule has 8 nitrogen and oxygen atoms in total. The van der Waals surface area contributed by atoms with Crippen molar-refractivity contribution in [2.24, 2.45) is 5.92 Å². The number of rotatable bonds is 11. The van der Waals surface area contributed by atoms with E-state index in [1.165, 1.54) is 0 Å². The van der Waals surface area contributed by atoms with Gasteiger partial charge >= 0.3 is 139 Å². The average molecular weight is 476 g/mol. The van der Waals surface area contributed by atoms with Gasteiger partial charge in [-0.2, -0.15) is 0 Å². The third-order valence-corrected chi connectivity index (χ3v) is 5.74. The van der Waals surface area contributed by atoms with E-state index in [9.17, 15) is 14.4 Å². The molecule has 0 aromatic rings. The molecule has 0 saturated carbocycles. The van der Waals surface area contributed by atoms with Gasteiger partial charge in [-0.3, -0.25) is 14.4 Å². The van der Waals surface area contributed by atoms with E-state index in [0.717, 1.165) is 13.8 Å². The van der Waals surface area contributed by atoms with Gasteiger partial charge in [0.15, 0.2) is 17.5 Å². The molecule has 28 heavy (non-hydrogen) atoms. The van der Waals surface area contributed by atoms with Gasteiger partial charge in [-0.1, -0.05) is 0 Å². The minimum absolute atomic E-state index is 0.323. The molecule has 0 spiro atoms. The van der Waals surface area contributed by atoms with Crippen LogP contribution in [0.2, 0.25) is 0 Å². The third kappa shape index (κ3) is 28.3. The summed E-state index contributed by atoms with van der Waals surface area (Å²) < 4.78 is 21.0. The van der Waals surface area contributed by atoms with Gasteiger partial charge in [0, 0.05) is 0 Å². The Kier molecular flexibility index (Phi) is 23.8. The van der Waals surface area contributed by atoms with Gasteiger partial charge in [0.1, 0.15) is 0 Å². The first kappa shape index (κ1) is 32.7. The molecule has 164 valence electrons. The molecule has 0 unspecified atom stereocenters. The van der Waals surface area contributed by atoms with Crippen LogP contribution in [0.5, 0.6) is 0 Å². The zero-order valence-corrected chi connectivity index (χ0v) is 21.8. The topological polar surface area (TPSA) is 108 Å². The second kappa shape index (κ2) is 20.4. The maximum absolute atomic E-state index is 10.4. The Morgan fingerprint density at radius 2 is 0.821 bits per heavy atom. The second-order valence-corrected chi connectivity index (χ2v) is 8.82. The molecule has 0 bridgehead atoms. The van der Waals surface area contributed by atoms with Crippen molar-refractivity contribution >= 4 is 17.5 Å². The van der Waals surface area contributed by atoms with Crippen LogP contribution in [0.4, 0.5) is 0 Å². The Morgan fingerprint density at radius 3 is 0.893 bits per heavy atom. The van der Waals surface area contributed by atoms with Crippen LogP contribution in [-0.4, -0.2) is 47.1 Å². The number of carboxylic acids is 1. The predicted molar refractivity (Wildman–Crippen MR) is 97.4 cm³/mol. The number of Topliss-reactive ketones (excluding diaryl/α,β-unsaturated/α-hetero) is 2. The van der Waals surface area contributed by atoms with Gasteiger partial charge in [0.25, 0.3) is 0 Å². The minimum atomic E-state index is -1.47. The van der Waals surface area contributed by atoms with Crippen LogP contribution in [0.25, 0.3) is 0 Å². The summed E-state index contributed by atoms with van der Waals surface area (Å²) in [6.45, 7) is 18.3. The fourth-order valence-corrected chi connectivity index (χ4v) is 2.45. The van der Waals surface area contributed by atoms with Gasteiger partial charge in [-0.25, -0.2) is 0 Å². The Labute approximate surface area is 189 Å². The zero-order chi connectivity index (χ0) is 22.9. The summed E-state index contributed by atoms with van der Waals surface area (Å²) in [4.78, 5) is 31.0. The third-order valence-electron chi connectivity index (χ3n) is 2.20. The summed E-state index contributed by atoms with van der Waals surface area (Å²) >= 11 is -1.15. The number of carbonyl (C=O) groups excluding carboxylic acids is 2. The number of carboxylic acid groups (broad SMARTS) is 1. The van der Waals surface area contributed by atoms with E-state index in [4.69, 9.17) is 18.4 Å². The molecule has 0 fully saturated rings. The molecule has 0 amide bonds. The predicted octanol–water partition coefficient (Wildman–Crippen LogP) is 3.36. The van der Waals surface area contributed by atoms with Crippen LogP contribution in [0.1, 0.15) is 69.2 Å². The molecule has 0 saturated heterocycles. The van der Waals surface area contributed by atoms with Gasteiger partial charge in [-0.05, 0) is 13.8 Å². The summed E-state index contributed by atoms with van der Waals surface area (Å²) in [7, 11) is 0. The van der Waals surface area contributed by atoms with Crippen molar-refractivity contribution in [2.45, 2.75) is 93.7 Å². The van der Waals surface area contributed by atoms with Gasteiger partial charge in [0.2, 0.25) is 0 Å². The summed E-state index contributed by atoms with van der Waals surface area (Å²) in [5.74, 6) is -4.10. The molecule has 0 aromatic carbocycles. The molecular formula is C18H36O8Ti2. The number of aliphatic carboxylic acids is 1. The summed E-state index contributed by atoms with van der Waals surface area (Å²) in [5.41, 5.74) is 0. The molecule has 1 N–H and O–H groups in total. The molecule has 0 heterocycles. The quantitative estimate of drug-likeness (QED) is 0.357. The van der Waals surface area contributed by atoms with Crippen molar-refractivity contribution < 1.29 is 72.6 Å². The Balaban J connectivity index is -0.000000336. The normalized spacial score (nSPS) is 10.4. The monoisotopic (exact) mass is 476 g/mol. The number of carbonyl (C=O) groups is 3. The van der Waals surface area contributed by atoms with E-state index < -0.39 is 63.3 Å². The van der Waals surface area contributed by atoms with Crippen molar-refractivity contribution in [3.8, 4) is 0 Å². The SMILES string of the molecule is CC(=O)C(C(C)=O)C(=O)O.CC(C)[O][Ti][O]C(C)C.CC(C)[O][Ti][O]C(C)C. The number of hydrogen-bond donors (Lipinski definition) is 1. The molecule has 0 radical (unpaired) electrons. The molecule has 0 aromatic heterocycles. The van der Waals surface area contributed by atoms with Gasteiger partial charge < -0.3 is 5.11 Å². The van der Waals surface area contributed by atoms with E-state index in [1.54, 1.807) is 0 Å². The standard InChI is InChI=1S/C6H8O4.4C3H7O.2Ti/c1-3(7)5(4(2)8)6(9)10;4*1-3(2)4;;/h5H,1-2H3,(H,9,10);4*3H,1-2H3;;/q;4*-1;2*+2. The average Bonchev–Trinajstić information content (AvgIpc) is 2.45. The zero-order valence-electron chi connectivity index (χ0n) is 18.7. The van der Waals surface area contributed by atoms with Gasteiger partial charge in [0.05, 0.1) is 0 Å². The molecule has 0 aliphatic rings. The summed E-state index contributed by atoms with van der Waals surface area (Å²) in [6, 6.07) is 0. The van der Waals surface area contributed by atoms with Crippen molar-refractivity contribution in [1.29, 1.82) is 0 Å². The Morgan fingerprint density at radius 1 is 0.607 bits per heavy atom. The maximum atomic E-state index is 10.4. The van der Waals surface area contributed by atoms with Gasteiger partial charge in [-0.15, -0.1) is 0 Å². The number of ketones is 2. The number of hydrogen-bond acceptors (Lipinski definition) is 7. The van der Waals surface area contributed by atoms with E-state index in [-0.39, 0.29) is 0 Å². The van der Waals surface area contributed by atoms with E-state index in [2.05, 4.69) is 0 Å². The van der Waals surface area contributed by atoms with Crippen LogP contribution < -0.4 is 0 Å². The van der Waals surface area contributed by atoms with E-state index in [0.29, 0.717) is 24.4 Å². The van der Waals surface area contributed by atoms with Crippen molar-refractivity contribution in [2.75, 3.05) is 0 Å². The first-order chi connectivity index (χ1) is 12.7. The van der Waals surface area contributed by atoms with Crippen LogP contribution >= 0.6 is 0 Å². The fraction of sp³-hybridized carbons (Fsp3) is 0.833. The van der Waals surface area contributed by atoms with Crippen molar-refractivity contribution in [1.82, 2.24) is 0 Å². The van der Waals surface area contributed by atoms with Crippen LogP contribution in [-0.2, 0) is 67.5 Å². The molecule has 0 atom stereocenters. The molecule has 0 rings (SSSR count). The van der Waals surface area contributed by atoms with Crippen molar-refractivity contribution in [3.63, 3.8) is 0 Å². The van der Waals surface area contributed by atoms with E-state index in [1.807, 2.05) is 55.4 Å². The van der Waals surface area contributed by atoms with Crippen LogP contribution in [0.3, 0.4) is 0 Å². The first-order valence-electron chi connectivity index (χ1n) is 9.08. The second-order valence-electron chi connectivity index (χ2n) is 6.83. The Bertz CT molecular complexity index is 359. The molecule has 0 aliphatic carbocycles. The Hall–Kier alpha value is 0.0786. The molecule has 10 heteroatoms. The molecule has 0 aliphatic heterocycles. The molecular weight excluding hydrogens is 440 g/mol. The van der Waals surface area contributed by atoms with Crippen LogP contribution in [0.15, 0.2) is 0 Å². The summed E-state index contributed by atoms with van der Waals surface area (Å²) in [6.07, 6.45) is 1.29. The van der Waals surface area contributed by atoms with Crippen molar-refractivity contribution in [3.05, 3.63) is 0 Å². The van der Waals surface area contributed by atoms with Crippen LogP contribution in [0, 0.1) is 5.92 Å². The summed E-state index contributed by atoms with van der Waals surface area (Å²) in [5, 5.41) is 8.27.